The maximum absolute atomic E-state index is 8.28. The van der Waals surface area contributed by atoms with Gasteiger partial charge in [0.25, 0.3) is 0 Å². The van der Waals surface area contributed by atoms with Crippen molar-refractivity contribution in [1.82, 2.24) is 9.80 Å². The van der Waals surface area contributed by atoms with Crippen molar-refractivity contribution >= 4 is 23.3 Å². The summed E-state index contributed by atoms with van der Waals surface area (Å²) in [6.07, 6.45) is 0. The average molecular weight is 359 g/mol. The number of amidine groups is 4. The van der Waals surface area contributed by atoms with Gasteiger partial charge in [-0.15, -0.1) is 0 Å². The van der Waals surface area contributed by atoms with Crippen molar-refractivity contribution < 1.29 is 0 Å². The average Bonchev–Trinajstić information content (AvgIpc) is 2.81. The van der Waals surface area contributed by atoms with Gasteiger partial charge >= 0.3 is 0 Å². The van der Waals surface area contributed by atoms with E-state index in [4.69, 9.17) is 10.8 Å². The van der Waals surface area contributed by atoms with Crippen LogP contribution in [0.3, 0.4) is 0 Å². The molecular weight excluding hydrogens is 324 g/mol. The first-order valence-corrected chi connectivity index (χ1v) is 9.61. The molecule has 0 aromatic heterocycles. The fraction of sp³-hybridized carbons (Fsp3) is 0.800. The Morgan fingerprint density at radius 2 is 0.846 bits per heavy atom. The Labute approximate surface area is 157 Å². The van der Waals surface area contributed by atoms with E-state index in [0.717, 1.165) is 37.9 Å². The Morgan fingerprint density at radius 3 is 1.04 bits per heavy atom. The smallest absolute Gasteiger partial charge is 0.129 e. The molecule has 2 N–H and O–H groups in total. The molecule has 3 heterocycles. The molecular formula is C20H34N6. The zero-order valence-corrected chi connectivity index (χ0v) is 17.6. The summed E-state index contributed by atoms with van der Waals surface area (Å²) in [5.74, 6) is 3.06. The maximum Gasteiger partial charge on any atom is 0.129 e. The van der Waals surface area contributed by atoms with Crippen molar-refractivity contribution in [3.63, 3.8) is 0 Å². The van der Waals surface area contributed by atoms with Crippen LogP contribution in [0.4, 0.5) is 0 Å². The summed E-state index contributed by atoms with van der Waals surface area (Å²) < 4.78 is 0. The lowest BCUT2D eigenvalue weighted by Crippen LogP contribution is -2.56. The van der Waals surface area contributed by atoms with Crippen LogP contribution in [0.5, 0.6) is 0 Å². The van der Waals surface area contributed by atoms with E-state index in [9.17, 15) is 0 Å². The molecule has 3 rings (SSSR count). The van der Waals surface area contributed by atoms with Crippen molar-refractivity contribution in [1.29, 1.82) is 10.8 Å². The SMILES string of the molecule is CC1(C)C(=N)N=C(N2CCN(C3=NC(=N)C(C)(C)C3(C)C)CC2)C1(C)C. The van der Waals surface area contributed by atoms with Gasteiger partial charge in [0, 0.05) is 47.8 Å². The first kappa shape index (κ1) is 19.1. The summed E-state index contributed by atoms with van der Waals surface area (Å²) in [5.41, 5.74) is -0.757. The molecule has 0 aromatic carbocycles. The van der Waals surface area contributed by atoms with Crippen LogP contribution in [0.15, 0.2) is 9.98 Å². The predicted molar refractivity (Wildman–Crippen MR) is 109 cm³/mol. The Kier molecular flexibility index (Phi) is 3.95. The zero-order chi connectivity index (χ0) is 19.7. The Morgan fingerprint density at radius 1 is 0.577 bits per heavy atom. The molecule has 3 aliphatic heterocycles. The highest BCUT2D eigenvalue weighted by molar-refractivity contribution is 6.10. The van der Waals surface area contributed by atoms with Gasteiger partial charge in [-0.1, -0.05) is 55.4 Å². The highest BCUT2D eigenvalue weighted by Crippen LogP contribution is 2.48. The van der Waals surface area contributed by atoms with Gasteiger partial charge in [-0.25, -0.2) is 9.98 Å². The molecule has 26 heavy (non-hydrogen) atoms. The molecule has 6 heteroatoms. The number of hydrogen-bond acceptors (Lipinski definition) is 4. The molecule has 0 unspecified atom stereocenters. The van der Waals surface area contributed by atoms with Crippen LogP contribution in [0, 0.1) is 32.5 Å². The topological polar surface area (TPSA) is 78.9 Å². The largest absolute Gasteiger partial charge is 0.356 e. The Balaban J connectivity index is 1.76. The van der Waals surface area contributed by atoms with Crippen molar-refractivity contribution in [3.05, 3.63) is 0 Å². The third-order valence-electron chi connectivity index (χ3n) is 7.74. The molecule has 0 aliphatic carbocycles. The monoisotopic (exact) mass is 358 g/mol. The number of rotatable bonds is 0. The Bertz CT molecular complexity index is 653. The molecule has 0 bridgehead atoms. The summed E-state index contributed by atoms with van der Waals surface area (Å²) in [5, 5.41) is 16.6. The lowest BCUT2D eigenvalue weighted by atomic mass is 9.68. The van der Waals surface area contributed by atoms with Gasteiger partial charge in [0.15, 0.2) is 0 Å². The predicted octanol–water partition coefficient (Wildman–Crippen LogP) is 3.49. The van der Waals surface area contributed by atoms with Gasteiger partial charge in [0.1, 0.15) is 23.3 Å². The molecule has 0 aromatic rings. The third kappa shape index (κ3) is 2.30. The number of nitrogens with one attached hydrogen (secondary N) is 2. The van der Waals surface area contributed by atoms with Gasteiger partial charge < -0.3 is 9.80 Å². The molecule has 0 atom stereocenters. The van der Waals surface area contributed by atoms with E-state index in [0.29, 0.717) is 11.7 Å². The van der Waals surface area contributed by atoms with Crippen molar-refractivity contribution in [2.45, 2.75) is 55.4 Å². The quantitative estimate of drug-likeness (QED) is 0.695. The van der Waals surface area contributed by atoms with Crippen LogP contribution >= 0.6 is 0 Å². The van der Waals surface area contributed by atoms with Crippen LogP contribution in [-0.2, 0) is 0 Å². The van der Waals surface area contributed by atoms with Gasteiger partial charge in [-0.3, -0.25) is 10.8 Å². The first-order chi connectivity index (χ1) is 11.7. The van der Waals surface area contributed by atoms with Crippen LogP contribution < -0.4 is 0 Å². The van der Waals surface area contributed by atoms with E-state index in [2.05, 4.69) is 75.2 Å². The minimum atomic E-state index is -0.240. The van der Waals surface area contributed by atoms with Gasteiger partial charge in [0.05, 0.1) is 0 Å². The highest BCUT2D eigenvalue weighted by atomic mass is 15.3. The molecule has 0 saturated carbocycles. The van der Waals surface area contributed by atoms with Crippen LogP contribution in [0.1, 0.15) is 55.4 Å². The number of hydrogen-bond donors (Lipinski definition) is 2. The van der Waals surface area contributed by atoms with Crippen molar-refractivity contribution in [3.8, 4) is 0 Å². The second kappa shape index (κ2) is 5.40. The van der Waals surface area contributed by atoms with Crippen molar-refractivity contribution in [2.75, 3.05) is 26.2 Å². The van der Waals surface area contributed by atoms with Gasteiger partial charge in [0.2, 0.25) is 0 Å². The summed E-state index contributed by atoms with van der Waals surface area (Å²) >= 11 is 0. The number of nitrogens with zero attached hydrogens (tertiary/aromatic N) is 4. The molecule has 0 spiro atoms. The second-order valence-corrected chi connectivity index (χ2v) is 10.0. The summed E-state index contributed by atoms with van der Waals surface area (Å²) in [6.45, 7) is 20.8. The van der Waals surface area contributed by atoms with Crippen molar-refractivity contribution in [2.24, 2.45) is 31.6 Å². The minimum Gasteiger partial charge on any atom is -0.356 e. The van der Waals surface area contributed by atoms with E-state index in [-0.39, 0.29) is 21.7 Å². The fourth-order valence-electron chi connectivity index (χ4n) is 3.98. The fourth-order valence-corrected chi connectivity index (χ4v) is 3.98. The zero-order valence-electron chi connectivity index (χ0n) is 17.6. The molecule has 1 saturated heterocycles. The third-order valence-corrected chi connectivity index (χ3v) is 7.74. The van der Waals surface area contributed by atoms with E-state index < -0.39 is 0 Å². The van der Waals surface area contributed by atoms with E-state index >= 15 is 0 Å². The summed E-state index contributed by atoms with van der Waals surface area (Å²) in [7, 11) is 0. The first-order valence-electron chi connectivity index (χ1n) is 9.61. The number of aliphatic imine (C=N–C) groups is 2. The molecule has 144 valence electrons. The standard InChI is InChI=1S/C20H34N6/c1-17(2)13(21)23-15(19(17,5)6)25-9-11-26(12-10-25)16-20(7,8)18(3,4)14(22)24-16/h21-22H,9-12H2,1-8H3. The molecule has 1 fully saturated rings. The lowest BCUT2D eigenvalue weighted by Gasteiger charge is -2.45. The molecule has 0 amide bonds. The lowest BCUT2D eigenvalue weighted by molar-refractivity contribution is 0.196. The minimum absolute atomic E-state index is 0.138. The van der Waals surface area contributed by atoms with E-state index in [1.807, 2.05) is 0 Å². The van der Waals surface area contributed by atoms with Gasteiger partial charge in [-0.2, -0.15) is 0 Å². The van der Waals surface area contributed by atoms with E-state index in [1.165, 1.54) is 0 Å². The Hall–Kier alpha value is -1.72. The van der Waals surface area contributed by atoms with Crippen LogP contribution in [0.2, 0.25) is 0 Å². The van der Waals surface area contributed by atoms with Gasteiger partial charge in [-0.05, 0) is 0 Å². The summed E-state index contributed by atoms with van der Waals surface area (Å²) in [6, 6.07) is 0. The second-order valence-electron chi connectivity index (χ2n) is 10.0. The molecule has 6 nitrogen and oxygen atoms in total. The molecule has 3 aliphatic rings. The normalized spacial score (nSPS) is 29.1. The molecule has 0 radical (unpaired) electrons. The highest BCUT2D eigenvalue weighted by Gasteiger charge is 2.53. The summed E-state index contributed by atoms with van der Waals surface area (Å²) in [4.78, 5) is 14.0. The van der Waals surface area contributed by atoms with E-state index in [1.54, 1.807) is 0 Å². The van der Waals surface area contributed by atoms with Crippen LogP contribution in [0.25, 0.3) is 0 Å². The number of piperazine rings is 1. The maximum atomic E-state index is 8.28. The van der Waals surface area contributed by atoms with Crippen LogP contribution in [-0.4, -0.2) is 59.3 Å².